The highest BCUT2D eigenvalue weighted by atomic mass is 19.1. The zero-order valence-electron chi connectivity index (χ0n) is 7.41. The summed E-state index contributed by atoms with van der Waals surface area (Å²) in [7, 11) is 0. The Bertz CT molecular complexity index is 297. The number of nitrogens with two attached hydrogens (primary N) is 1. The molecule has 3 heteroatoms. The molecule has 0 unspecified atom stereocenters. The Morgan fingerprint density at radius 3 is 2.85 bits per heavy atom. The number of halogens is 1. The standard InChI is InChI=1S/C10H13FN2/c11-10-8(5-2-6-13-10)9(12)7-3-1-4-7/h2,5-7,9H,1,3-4,12H2/t9-/m1/s1. The van der Waals surface area contributed by atoms with Crippen molar-refractivity contribution < 1.29 is 4.39 Å². The fraction of sp³-hybridized carbons (Fsp3) is 0.500. The molecule has 1 aromatic heterocycles. The van der Waals surface area contributed by atoms with Gasteiger partial charge in [-0.1, -0.05) is 12.5 Å². The Morgan fingerprint density at radius 2 is 2.31 bits per heavy atom. The van der Waals surface area contributed by atoms with Crippen LogP contribution in [0.2, 0.25) is 0 Å². The van der Waals surface area contributed by atoms with Crippen molar-refractivity contribution in [3.05, 3.63) is 29.8 Å². The van der Waals surface area contributed by atoms with Crippen LogP contribution in [0.1, 0.15) is 30.9 Å². The molecule has 1 aliphatic rings. The molecule has 2 nitrogen and oxygen atoms in total. The summed E-state index contributed by atoms with van der Waals surface area (Å²) in [4.78, 5) is 3.59. The van der Waals surface area contributed by atoms with Crippen molar-refractivity contribution in [1.82, 2.24) is 4.98 Å². The number of rotatable bonds is 2. The van der Waals surface area contributed by atoms with E-state index in [-0.39, 0.29) is 6.04 Å². The minimum absolute atomic E-state index is 0.164. The summed E-state index contributed by atoms with van der Waals surface area (Å²) in [5.41, 5.74) is 6.48. The lowest BCUT2D eigenvalue weighted by molar-refractivity contribution is 0.259. The molecule has 0 radical (unpaired) electrons. The largest absolute Gasteiger partial charge is 0.324 e. The molecule has 0 spiro atoms. The van der Waals surface area contributed by atoms with Gasteiger partial charge < -0.3 is 5.73 Å². The van der Waals surface area contributed by atoms with Gasteiger partial charge in [-0.3, -0.25) is 0 Å². The molecule has 2 rings (SSSR count). The van der Waals surface area contributed by atoms with Crippen molar-refractivity contribution in [2.75, 3.05) is 0 Å². The summed E-state index contributed by atoms with van der Waals surface area (Å²) in [6.45, 7) is 0. The van der Waals surface area contributed by atoms with Crippen molar-refractivity contribution in [2.45, 2.75) is 25.3 Å². The number of pyridine rings is 1. The van der Waals surface area contributed by atoms with Gasteiger partial charge in [-0.25, -0.2) is 4.98 Å². The van der Waals surface area contributed by atoms with E-state index in [1.54, 1.807) is 12.1 Å². The van der Waals surface area contributed by atoms with E-state index in [1.165, 1.54) is 12.6 Å². The third-order valence-electron chi connectivity index (χ3n) is 2.80. The number of nitrogens with zero attached hydrogens (tertiary/aromatic N) is 1. The lowest BCUT2D eigenvalue weighted by atomic mass is 9.78. The van der Waals surface area contributed by atoms with Gasteiger partial charge in [0, 0.05) is 17.8 Å². The molecule has 0 aliphatic heterocycles. The van der Waals surface area contributed by atoms with Crippen LogP contribution in [0.25, 0.3) is 0 Å². The second-order valence-electron chi connectivity index (χ2n) is 3.60. The molecule has 0 bridgehead atoms. The predicted octanol–water partition coefficient (Wildman–Crippen LogP) is 2.02. The van der Waals surface area contributed by atoms with Crippen LogP contribution in [0, 0.1) is 11.9 Å². The van der Waals surface area contributed by atoms with Gasteiger partial charge in [0.25, 0.3) is 0 Å². The summed E-state index contributed by atoms with van der Waals surface area (Å²) >= 11 is 0. The topological polar surface area (TPSA) is 38.9 Å². The van der Waals surface area contributed by atoms with Crippen LogP contribution in [0.5, 0.6) is 0 Å². The average molecular weight is 180 g/mol. The van der Waals surface area contributed by atoms with Crippen LogP contribution in [0.15, 0.2) is 18.3 Å². The van der Waals surface area contributed by atoms with Gasteiger partial charge in [-0.2, -0.15) is 4.39 Å². The highest BCUT2D eigenvalue weighted by Crippen LogP contribution is 2.36. The number of hydrogen-bond donors (Lipinski definition) is 1. The summed E-state index contributed by atoms with van der Waals surface area (Å²) in [6.07, 6.45) is 4.91. The quantitative estimate of drug-likeness (QED) is 0.707. The van der Waals surface area contributed by atoms with E-state index >= 15 is 0 Å². The first-order valence-electron chi connectivity index (χ1n) is 4.65. The highest BCUT2D eigenvalue weighted by molar-refractivity contribution is 5.16. The minimum Gasteiger partial charge on any atom is -0.324 e. The smallest absolute Gasteiger partial charge is 0.217 e. The Balaban J connectivity index is 2.18. The van der Waals surface area contributed by atoms with Gasteiger partial charge in [0.1, 0.15) is 0 Å². The molecule has 2 N–H and O–H groups in total. The van der Waals surface area contributed by atoms with E-state index in [0.717, 1.165) is 12.8 Å². The zero-order valence-corrected chi connectivity index (χ0v) is 7.41. The molecule has 1 aliphatic carbocycles. The molecule has 1 heterocycles. The van der Waals surface area contributed by atoms with E-state index in [0.29, 0.717) is 11.5 Å². The molecule has 1 aromatic rings. The molecule has 0 saturated heterocycles. The van der Waals surface area contributed by atoms with E-state index in [9.17, 15) is 4.39 Å². The maximum Gasteiger partial charge on any atom is 0.217 e. The zero-order chi connectivity index (χ0) is 9.26. The summed E-state index contributed by atoms with van der Waals surface area (Å²) in [5, 5.41) is 0. The minimum atomic E-state index is -0.415. The van der Waals surface area contributed by atoms with Crippen molar-refractivity contribution in [2.24, 2.45) is 11.7 Å². The average Bonchev–Trinajstić information content (AvgIpc) is 2.01. The van der Waals surface area contributed by atoms with Crippen molar-refractivity contribution in [3.63, 3.8) is 0 Å². The molecule has 0 amide bonds. The highest BCUT2D eigenvalue weighted by Gasteiger charge is 2.27. The Labute approximate surface area is 77.0 Å². The predicted molar refractivity (Wildman–Crippen MR) is 48.5 cm³/mol. The third kappa shape index (κ3) is 1.56. The van der Waals surface area contributed by atoms with E-state index in [1.807, 2.05) is 0 Å². The molecular weight excluding hydrogens is 167 g/mol. The molecule has 1 saturated carbocycles. The van der Waals surface area contributed by atoms with Gasteiger partial charge in [-0.15, -0.1) is 0 Å². The van der Waals surface area contributed by atoms with Crippen LogP contribution < -0.4 is 5.73 Å². The first kappa shape index (κ1) is 8.63. The number of aromatic nitrogens is 1. The van der Waals surface area contributed by atoms with Crippen LogP contribution in [-0.2, 0) is 0 Å². The normalized spacial score (nSPS) is 19.5. The van der Waals surface area contributed by atoms with Crippen LogP contribution in [0.4, 0.5) is 4.39 Å². The van der Waals surface area contributed by atoms with Crippen molar-refractivity contribution >= 4 is 0 Å². The first-order valence-corrected chi connectivity index (χ1v) is 4.65. The second kappa shape index (κ2) is 3.42. The van der Waals surface area contributed by atoms with Gasteiger partial charge in [-0.05, 0) is 24.8 Å². The summed E-state index contributed by atoms with van der Waals surface area (Å²) in [6, 6.07) is 3.30. The molecule has 13 heavy (non-hydrogen) atoms. The van der Waals surface area contributed by atoms with Crippen molar-refractivity contribution in [1.29, 1.82) is 0 Å². The SMILES string of the molecule is N[C@@H](c1cccnc1F)C1CCC1. The number of hydrogen-bond acceptors (Lipinski definition) is 2. The Kier molecular flexibility index (Phi) is 2.27. The maximum atomic E-state index is 13.2. The Morgan fingerprint density at radius 1 is 1.54 bits per heavy atom. The van der Waals surface area contributed by atoms with Crippen molar-refractivity contribution in [3.8, 4) is 0 Å². The molecular formula is C10H13FN2. The first-order chi connectivity index (χ1) is 6.29. The molecule has 1 fully saturated rings. The maximum absolute atomic E-state index is 13.2. The van der Waals surface area contributed by atoms with Gasteiger partial charge >= 0.3 is 0 Å². The third-order valence-corrected chi connectivity index (χ3v) is 2.80. The Hall–Kier alpha value is -0.960. The van der Waals surface area contributed by atoms with Gasteiger partial charge in [0.15, 0.2) is 0 Å². The summed E-state index contributed by atoms with van der Waals surface area (Å²) < 4.78 is 13.2. The van der Waals surface area contributed by atoms with Crippen LogP contribution >= 0.6 is 0 Å². The van der Waals surface area contributed by atoms with Gasteiger partial charge in [0.2, 0.25) is 5.95 Å². The van der Waals surface area contributed by atoms with Gasteiger partial charge in [0.05, 0.1) is 0 Å². The second-order valence-corrected chi connectivity index (χ2v) is 3.60. The summed E-state index contributed by atoms with van der Waals surface area (Å²) in [5.74, 6) is 0.0422. The lowest BCUT2D eigenvalue weighted by Gasteiger charge is -2.31. The fourth-order valence-corrected chi connectivity index (χ4v) is 1.70. The van der Waals surface area contributed by atoms with E-state index in [4.69, 9.17) is 5.73 Å². The van der Waals surface area contributed by atoms with Crippen LogP contribution in [0.3, 0.4) is 0 Å². The fourth-order valence-electron chi connectivity index (χ4n) is 1.70. The monoisotopic (exact) mass is 180 g/mol. The molecule has 1 atom stereocenters. The van der Waals surface area contributed by atoms with E-state index in [2.05, 4.69) is 4.98 Å². The molecule has 0 aromatic carbocycles. The lowest BCUT2D eigenvalue weighted by Crippen LogP contribution is -2.27. The van der Waals surface area contributed by atoms with E-state index < -0.39 is 5.95 Å². The van der Waals surface area contributed by atoms with Crippen LogP contribution in [-0.4, -0.2) is 4.98 Å². The molecule has 70 valence electrons.